The normalized spacial score (nSPS) is 10.6. The van der Waals surface area contributed by atoms with Gasteiger partial charge in [0, 0.05) is 0 Å². The Labute approximate surface area is 118 Å². The van der Waals surface area contributed by atoms with Crippen LogP contribution < -0.4 is 9.47 Å². The van der Waals surface area contributed by atoms with E-state index in [0.717, 1.165) is 15.8 Å². The number of carbonyl (C=O) groups excluding carboxylic acids is 1. The minimum absolute atomic E-state index is 0.0582. The third-order valence-electron chi connectivity index (χ3n) is 2.62. The standard InChI is InChI=1S/C15H14O3Se/c1-17-12-7-5-11(14(10-12)18-2)6-8-13(16)15-4-3-9-19-15/h3-10H,1-2H3/b8-6+. The van der Waals surface area contributed by atoms with E-state index in [4.69, 9.17) is 9.47 Å². The molecule has 98 valence electrons. The first-order valence-electron chi connectivity index (χ1n) is 5.72. The van der Waals surface area contributed by atoms with Gasteiger partial charge in [-0.2, -0.15) is 0 Å². The van der Waals surface area contributed by atoms with Crippen molar-refractivity contribution in [3.63, 3.8) is 0 Å². The van der Waals surface area contributed by atoms with Gasteiger partial charge in [-0.3, -0.25) is 0 Å². The van der Waals surface area contributed by atoms with E-state index in [9.17, 15) is 4.79 Å². The summed E-state index contributed by atoms with van der Waals surface area (Å²) in [4.78, 5) is 13.9. The molecular formula is C15H14O3Se. The van der Waals surface area contributed by atoms with E-state index in [2.05, 4.69) is 0 Å². The molecule has 19 heavy (non-hydrogen) atoms. The fourth-order valence-electron chi connectivity index (χ4n) is 1.62. The number of methoxy groups -OCH3 is 2. The van der Waals surface area contributed by atoms with Crippen LogP contribution in [-0.4, -0.2) is 34.5 Å². The van der Waals surface area contributed by atoms with Crippen LogP contribution in [0.15, 0.2) is 41.3 Å². The van der Waals surface area contributed by atoms with E-state index in [1.54, 1.807) is 32.4 Å². The number of allylic oxidation sites excluding steroid dienone is 1. The molecule has 1 aromatic carbocycles. The fraction of sp³-hybridized carbons (Fsp3) is 0.133. The SMILES string of the molecule is COc1ccc(/C=C/C(=O)c2ccc[se]2)c(OC)c1. The summed E-state index contributed by atoms with van der Waals surface area (Å²) < 4.78 is 11.3. The maximum absolute atomic E-state index is 11.9. The zero-order chi connectivity index (χ0) is 13.7. The topological polar surface area (TPSA) is 35.5 Å². The molecule has 0 aliphatic carbocycles. The average molecular weight is 321 g/mol. The molecule has 0 atom stereocenters. The Morgan fingerprint density at radius 2 is 2.05 bits per heavy atom. The zero-order valence-corrected chi connectivity index (χ0v) is 12.5. The van der Waals surface area contributed by atoms with E-state index in [-0.39, 0.29) is 20.3 Å². The van der Waals surface area contributed by atoms with Crippen LogP contribution >= 0.6 is 0 Å². The second-order valence-corrected chi connectivity index (χ2v) is 5.77. The van der Waals surface area contributed by atoms with Crippen molar-refractivity contribution in [2.45, 2.75) is 0 Å². The number of rotatable bonds is 5. The summed E-state index contributed by atoms with van der Waals surface area (Å²) in [6.07, 6.45) is 3.36. The molecule has 1 heterocycles. The second kappa shape index (κ2) is 6.41. The summed E-state index contributed by atoms with van der Waals surface area (Å²) in [5.41, 5.74) is 0.857. The van der Waals surface area contributed by atoms with Gasteiger partial charge in [-0.25, -0.2) is 0 Å². The van der Waals surface area contributed by atoms with Crippen molar-refractivity contribution in [1.82, 2.24) is 0 Å². The Hall–Kier alpha value is -1.77. The zero-order valence-electron chi connectivity index (χ0n) is 10.8. The summed E-state index contributed by atoms with van der Waals surface area (Å²) >= 11 is 0.172. The van der Waals surface area contributed by atoms with Gasteiger partial charge in [-0.1, -0.05) is 0 Å². The quantitative estimate of drug-likeness (QED) is 0.482. The summed E-state index contributed by atoms with van der Waals surface area (Å²) in [7, 11) is 3.20. The van der Waals surface area contributed by atoms with Crippen molar-refractivity contribution in [1.29, 1.82) is 0 Å². The van der Waals surface area contributed by atoms with Gasteiger partial charge < -0.3 is 0 Å². The number of carbonyl (C=O) groups is 1. The van der Waals surface area contributed by atoms with Gasteiger partial charge in [-0.15, -0.1) is 0 Å². The Morgan fingerprint density at radius 1 is 1.21 bits per heavy atom. The summed E-state index contributed by atoms with van der Waals surface area (Å²) in [5, 5.41) is 0. The van der Waals surface area contributed by atoms with Crippen LogP contribution in [0.2, 0.25) is 0 Å². The van der Waals surface area contributed by atoms with Crippen molar-refractivity contribution in [2.75, 3.05) is 14.2 Å². The summed E-state index contributed by atoms with van der Waals surface area (Å²) in [5.74, 6) is 1.47. The molecule has 4 heteroatoms. The van der Waals surface area contributed by atoms with Crippen LogP contribution in [0.3, 0.4) is 0 Å². The molecule has 1 aromatic heterocycles. The molecule has 0 bridgehead atoms. The number of hydrogen-bond donors (Lipinski definition) is 0. The molecule has 0 radical (unpaired) electrons. The van der Waals surface area contributed by atoms with Gasteiger partial charge in [0.05, 0.1) is 0 Å². The predicted octanol–water partition coefficient (Wildman–Crippen LogP) is 2.66. The Kier molecular flexibility index (Phi) is 4.61. The third-order valence-corrected chi connectivity index (χ3v) is 4.47. The molecule has 0 amide bonds. The van der Waals surface area contributed by atoms with Crippen molar-refractivity contribution < 1.29 is 14.3 Å². The van der Waals surface area contributed by atoms with Crippen molar-refractivity contribution in [3.8, 4) is 11.5 Å². The first-order valence-corrected chi connectivity index (χ1v) is 7.57. The van der Waals surface area contributed by atoms with Gasteiger partial charge >= 0.3 is 118 Å². The predicted molar refractivity (Wildman–Crippen MR) is 76.3 cm³/mol. The third kappa shape index (κ3) is 3.37. The fourth-order valence-corrected chi connectivity index (χ4v) is 2.98. The molecule has 0 saturated heterocycles. The molecule has 3 nitrogen and oxygen atoms in total. The molecule has 0 spiro atoms. The Balaban J connectivity index is 2.21. The van der Waals surface area contributed by atoms with Gasteiger partial charge in [0.2, 0.25) is 0 Å². The first kappa shape index (κ1) is 13.7. The molecule has 0 N–H and O–H groups in total. The monoisotopic (exact) mass is 322 g/mol. The number of ketones is 1. The molecule has 0 unspecified atom stereocenters. The van der Waals surface area contributed by atoms with E-state index < -0.39 is 0 Å². The van der Waals surface area contributed by atoms with Crippen LogP contribution in [0.1, 0.15) is 14.8 Å². The maximum atomic E-state index is 11.9. The van der Waals surface area contributed by atoms with Crippen LogP contribution in [-0.2, 0) is 0 Å². The van der Waals surface area contributed by atoms with Crippen molar-refractivity contribution >= 4 is 26.4 Å². The summed E-state index contributed by atoms with van der Waals surface area (Å²) in [6.45, 7) is 0. The average Bonchev–Trinajstić information content (AvgIpc) is 2.98. The first-order chi connectivity index (χ1) is 9.24. The van der Waals surface area contributed by atoms with Gasteiger partial charge in [0.15, 0.2) is 0 Å². The second-order valence-electron chi connectivity index (χ2n) is 3.78. The van der Waals surface area contributed by atoms with E-state index in [0.29, 0.717) is 5.75 Å². The van der Waals surface area contributed by atoms with E-state index in [1.807, 2.05) is 29.2 Å². The molecule has 0 saturated carbocycles. The molecule has 2 aromatic rings. The Morgan fingerprint density at radius 3 is 2.68 bits per heavy atom. The van der Waals surface area contributed by atoms with Crippen LogP contribution in [0.5, 0.6) is 11.5 Å². The number of ether oxygens (including phenoxy) is 2. The van der Waals surface area contributed by atoms with Crippen molar-refractivity contribution in [3.05, 3.63) is 51.3 Å². The van der Waals surface area contributed by atoms with Crippen molar-refractivity contribution in [2.24, 2.45) is 0 Å². The number of hydrogen-bond acceptors (Lipinski definition) is 3. The van der Waals surface area contributed by atoms with E-state index >= 15 is 0 Å². The number of benzene rings is 1. The van der Waals surface area contributed by atoms with Crippen LogP contribution in [0.4, 0.5) is 0 Å². The molecule has 2 rings (SSSR count). The van der Waals surface area contributed by atoms with Gasteiger partial charge in [0.1, 0.15) is 0 Å². The summed E-state index contributed by atoms with van der Waals surface area (Å²) in [6, 6.07) is 9.30. The van der Waals surface area contributed by atoms with Gasteiger partial charge in [0.25, 0.3) is 0 Å². The van der Waals surface area contributed by atoms with Crippen LogP contribution in [0.25, 0.3) is 6.08 Å². The molecular weight excluding hydrogens is 307 g/mol. The van der Waals surface area contributed by atoms with Gasteiger partial charge in [-0.05, 0) is 0 Å². The van der Waals surface area contributed by atoms with Crippen LogP contribution in [0, 0.1) is 0 Å². The Bertz CT molecular complexity index is 585. The molecule has 0 aliphatic rings. The van der Waals surface area contributed by atoms with E-state index in [1.165, 1.54) is 0 Å². The molecule has 0 aliphatic heterocycles. The minimum atomic E-state index is 0.0582. The molecule has 0 fully saturated rings.